The molecule has 0 spiro atoms. The summed E-state index contributed by atoms with van der Waals surface area (Å²) in [4.78, 5) is 16.8. The Kier molecular flexibility index (Phi) is 3.92. The molecule has 0 N–H and O–H groups in total. The summed E-state index contributed by atoms with van der Waals surface area (Å²) in [6.45, 7) is 1.77. The second-order valence-electron chi connectivity index (χ2n) is 4.83. The monoisotopic (exact) mass is 289 g/mol. The van der Waals surface area contributed by atoms with Gasteiger partial charge in [0.2, 0.25) is 0 Å². The fourth-order valence-electron chi connectivity index (χ4n) is 2.19. The van der Waals surface area contributed by atoms with Crippen LogP contribution >= 0.6 is 0 Å². The first-order valence-corrected chi connectivity index (χ1v) is 7.00. The molecule has 22 heavy (non-hydrogen) atoms. The zero-order valence-corrected chi connectivity index (χ0v) is 12.2. The Hall–Kier alpha value is -3.01. The first kappa shape index (κ1) is 13.9. The summed E-state index contributed by atoms with van der Waals surface area (Å²) in [6, 6.07) is 17.2. The Balaban J connectivity index is 1.92. The van der Waals surface area contributed by atoms with Gasteiger partial charge < -0.3 is 0 Å². The second kappa shape index (κ2) is 6.18. The van der Waals surface area contributed by atoms with Gasteiger partial charge in [-0.25, -0.2) is 4.98 Å². The maximum Gasteiger partial charge on any atom is 0.282 e. The molecule has 0 fully saturated rings. The number of nitrogens with zero attached hydrogens (tertiary/aromatic N) is 3. The van der Waals surface area contributed by atoms with Crippen molar-refractivity contribution >= 4 is 23.2 Å². The highest BCUT2D eigenvalue weighted by atomic mass is 16.1. The lowest BCUT2D eigenvalue weighted by Gasteiger charge is -2.04. The molecule has 0 aliphatic rings. The zero-order valence-electron chi connectivity index (χ0n) is 12.2. The van der Waals surface area contributed by atoms with Gasteiger partial charge in [0.25, 0.3) is 5.56 Å². The highest BCUT2D eigenvalue weighted by molar-refractivity contribution is 5.79. The molecule has 4 nitrogen and oxygen atoms in total. The number of para-hydroxylation sites is 1. The van der Waals surface area contributed by atoms with E-state index in [1.54, 1.807) is 25.3 Å². The van der Waals surface area contributed by atoms with Gasteiger partial charge in [0, 0.05) is 6.21 Å². The molecular weight excluding hydrogens is 274 g/mol. The van der Waals surface area contributed by atoms with Crippen molar-refractivity contribution in [3.8, 4) is 0 Å². The molecular formula is C18H15N3O. The van der Waals surface area contributed by atoms with E-state index in [2.05, 4.69) is 10.1 Å². The van der Waals surface area contributed by atoms with Crippen molar-refractivity contribution in [3.05, 3.63) is 82.4 Å². The number of benzene rings is 2. The molecule has 0 radical (unpaired) electrons. The Morgan fingerprint density at radius 3 is 2.59 bits per heavy atom. The molecule has 0 aliphatic heterocycles. The summed E-state index contributed by atoms with van der Waals surface area (Å²) >= 11 is 0. The van der Waals surface area contributed by atoms with Gasteiger partial charge >= 0.3 is 0 Å². The number of aryl methyl sites for hydroxylation is 1. The third-order valence-corrected chi connectivity index (χ3v) is 3.27. The van der Waals surface area contributed by atoms with Gasteiger partial charge in [-0.2, -0.15) is 9.78 Å². The van der Waals surface area contributed by atoms with Crippen LogP contribution in [0.15, 0.2) is 70.6 Å². The van der Waals surface area contributed by atoms with Crippen molar-refractivity contribution < 1.29 is 0 Å². The van der Waals surface area contributed by atoms with E-state index in [0.717, 1.165) is 5.56 Å². The van der Waals surface area contributed by atoms with Crippen LogP contribution in [0, 0.1) is 6.92 Å². The van der Waals surface area contributed by atoms with Gasteiger partial charge in [-0.05, 0) is 30.7 Å². The molecule has 0 unspecified atom stereocenters. The molecule has 2 aromatic carbocycles. The minimum Gasteiger partial charge on any atom is -0.267 e. The van der Waals surface area contributed by atoms with Crippen LogP contribution in [0.25, 0.3) is 17.0 Å². The largest absolute Gasteiger partial charge is 0.282 e. The van der Waals surface area contributed by atoms with Gasteiger partial charge in [0.1, 0.15) is 5.82 Å². The van der Waals surface area contributed by atoms with Crippen LogP contribution in [0.5, 0.6) is 0 Å². The molecule has 3 rings (SSSR count). The van der Waals surface area contributed by atoms with Gasteiger partial charge in [0.15, 0.2) is 0 Å². The summed E-state index contributed by atoms with van der Waals surface area (Å²) < 4.78 is 1.32. The van der Waals surface area contributed by atoms with Gasteiger partial charge in [0.05, 0.1) is 10.9 Å². The standard InChI is InChI=1S/C18H15N3O/c1-14-20-17-12-6-5-11-16(17)18(22)21(14)19-13-7-10-15-8-3-2-4-9-15/h2-13H,1H3/b10-7+,19-13-. The molecule has 0 saturated heterocycles. The van der Waals surface area contributed by atoms with Crippen LogP contribution in [0.3, 0.4) is 0 Å². The third-order valence-electron chi connectivity index (χ3n) is 3.27. The normalized spacial score (nSPS) is 11.7. The predicted octanol–water partition coefficient (Wildman–Crippen LogP) is 3.25. The molecule has 0 atom stereocenters. The fourth-order valence-corrected chi connectivity index (χ4v) is 2.19. The van der Waals surface area contributed by atoms with Crippen molar-refractivity contribution in [2.75, 3.05) is 0 Å². The Morgan fingerprint density at radius 2 is 1.77 bits per heavy atom. The van der Waals surface area contributed by atoms with E-state index in [9.17, 15) is 4.79 Å². The van der Waals surface area contributed by atoms with Crippen LogP contribution in [-0.2, 0) is 0 Å². The van der Waals surface area contributed by atoms with Crippen LogP contribution in [0.4, 0.5) is 0 Å². The smallest absolute Gasteiger partial charge is 0.267 e. The number of allylic oxidation sites excluding steroid dienone is 1. The third kappa shape index (κ3) is 2.86. The Labute approximate surface area is 128 Å². The summed E-state index contributed by atoms with van der Waals surface area (Å²) in [6.07, 6.45) is 5.33. The average Bonchev–Trinajstić information content (AvgIpc) is 2.55. The lowest BCUT2D eigenvalue weighted by molar-refractivity contribution is 0.771. The molecule has 4 heteroatoms. The molecule has 1 heterocycles. The van der Waals surface area contributed by atoms with E-state index in [0.29, 0.717) is 16.7 Å². The summed E-state index contributed by atoms with van der Waals surface area (Å²) in [7, 11) is 0. The number of fused-ring (bicyclic) bond motifs is 1. The first-order valence-electron chi connectivity index (χ1n) is 7.00. The number of aromatic nitrogens is 2. The van der Waals surface area contributed by atoms with Crippen molar-refractivity contribution in [2.45, 2.75) is 6.92 Å². The van der Waals surface area contributed by atoms with Gasteiger partial charge in [-0.3, -0.25) is 4.79 Å². The van der Waals surface area contributed by atoms with E-state index in [1.165, 1.54) is 4.68 Å². The van der Waals surface area contributed by atoms with E-state index in [1.807, 2.05) is 54.6 Å². The molecule has 0 amide bonds. The van der Waals surface area contributed by atoms with Gasteiger partial charge in [-0.15, -0.1) is 0 Å². The highest BCUT2D eigenvalue weighted by Gasteiger charge is 2.05. The molecule has 3 aromatic rings. The SMILES string of the molecule is Cc1nc2ccccc2c(=O)n1/N=C\C=C\c1ccccc1. The maximum atomic E-state index is 12.4. The van der Waals surface area contributed by atoms with Crippen molar-refractivity contribution in [1.82, 2.24) is 9.66 Å². The van der Waals surface area contributed by atoms with E-state index >= 15 is 0 Å². The van der Waals surface area contributed by atoms with Crippen molar-refractivity contribution in [3.63, 3.8) is 0 Å². The van der Waals surface area contributed by atoms with Crippen LogP contribution in [-0.4, -0.2) is 15.9 Å². The fraction of sp³-hybridized carbons (Fsp3) is 0.0556. The molecule has 0 saturated carbocycles. The number of hydrogen-bond donors (Lipinski definition) is 0. The van der Waals surface area contributed by atoms with E-state index in [4.69, 9.17) is 0 Å². The zero-order chi connectivity index (χ0) is 15.4. The summed E-state index contributed by atoms with van der Waals surface area (Å²) in [5.74, 6) is 0.563. The Bertz CT molecular complexity index is 909. The van der Waals surface area contributed by atoms with Crippen molar-refractivity contribution in [1.29, 1.82) is 0 Å². The second-order valence-corrected chi connectivity index (χ2v) is 4.83. The molecule has 0 aliphatic carbocycles. The van der Waals surface area contributed by atoms with Crippen LogP contribution < -0.4 is 5.56 Å². The quantitative estimate of drug-likeness (QED) is 0.695. The maximum absolute atomic E-state index is 12.4. The molecule has 0 bridgehead atoms. The minimum absolute atomic E-state index is 0.160. The molecule has 1 aromatic heterocycles. The number of rotatable bonds is 3. The topological polar surface area (TPSA) is 47.2 Å². The lowest BCUT2D eigenvalue weighted by Crippen LogP contribution is -2.20. The predicted molar refractivity (Wildman–Crippen MR) is 90.1 cm³/mol. The van der Waals surface area contributed by atoms with E-state index in [-0.39, 0.29) is 5.56 Å². The highest BCUT2D eigenvalue weighted by Crippen LogP contribution is 2.07. The van der Waals surface area contributed by atoms with Crippen LogP contribution in [0.1, 0.15) is 11.4 Å². The summed E-state index contributed by atoms with van der Waals surface area (Å²) in [5, 5.41) is 4.77. The van der Waals surface area contributed by atoms with E-state index < -0.39 is 0 Å². The summed E-state index contributed by atoms with van der Waals surface area (Å²) in [5.41, 5.74) is 1.61. The number of hydrogen-bond acceptors (Lipinski definition) is 3. The first-order chi connectivity index (χ1) is 10.8. The van der Waals surface area contributed by atoms with Crippen molar-refractivity contribution in [2.24, 2.45) is 5.10 Å². The lowest BCUT2D eigenvalue weighted by atomic mass is 10.2. The van der Waals surface area contributed by atoms with Crippen LogP contribution in [0.2, 0.25) is 0 Å². The molecule has 108 valence electrons. The Morgan fingerprint density at radius 1 is 1.05 bits per heavy atom. The minimum atomic E-state index is -0.160. The average molecular weight is 289 g/mol. The van der Waals surface area contributed by atoms with Gasteiger partial charge in [-0.1, -0.05) is 48.5 Å².